The summed E-state index contributed by atoms with van der Waals surface area (Å²) in [5.41, 5.74) is 3.13. The Labute approximate surface area is 168 Å². The number of methoxy groups -OCH3 is 2. The first-order valence-corrected chi connectivity index (χ1v) is 10.1. The molecule has 1 aliphatic rings. The molecule has 1 heterocycles. The number of fused-ring (bicyclic) bond motifs is 1. The summed E-state index contributed by atoms with van der Waals surface area (Å²) in [6, 6.07) is 13.5. The molecule has 0 spiro atoms. The molecule has 1 amide bonds. The average molecular weight is 401 g/mol. The monoisotopic (exact) mass is 401 g/mol. The second-order valence-electron chi connectivity index (χ2n) is 6.44. The topological polar surface area (TPSA) is 76.1 Å². The smallest absolute Gasteiger partial charge is 0.313 e. The molecule has 0 radical (unpaired) electrons. The fraction of sp³-hybridized carbons (Fsp3) is 0.333. The minimum absolute atomic E-state index is 0.0689. The highest BCUT2D eigenvalue weighted by Gasteiger charge is 2.33. The molecular weight excluding hydrogens is 378 g/mol. The average Bonchev–Trinajstić information content (AvgIpc) is 2.72. The third-order valence-electron chi connectivity index (χ3n) is 4.76. The van der Waals surface area contributed by atoms with Crippen molar-refractivity contribution in [1.29, 1.82) is 0 Å². The predicted octanol–water partition coefficient (Wildman–Crippen LogP) is 3.00. The number of benzene rings is 2. The molecule has 3 rings (SSSR count). The molecule has 1 N–H and O–H groups in total. The molecule has 2 aromatic carbocycles. The van der Waals surface area contributed by atoms with Crippen LogP contribution in [0.3, 0.4) is 0 Å². The van der Waals surface area contributed by atoms with Gasteiger partial charge in [0, 0.05) is 6.54 Å². The molecule has 1 aliphatic heterocycles. The van der Waals surface area contributed by atoms with Gasteiger partial charge in [0.15, 0.2) is 11.5 Å². The Balaban J connectivity index is 1.99. The van der Waals surface area contributed by atoms with Crippen LogP contribution in [-0.2, 0) is 16.0 Å². The van der Waals surface area contributed by atoms with Crippen LogP contribution in [0.25, 0.3) is 0 Å². The molecule has 0 saturated carbocycles. The second kappa shape index (κ2) is 9.01. The van der Waals surface area contributed by atoms with Crippen molar-refractivity contribution < 1.29 is 24.2 Å². The maximum atomic E-state index is 12.9. The molecule has 0 unspecified atom stereocenters. The highest BCUT2D eigenvalue weighted by atomic mass is 32.2. The summed E-state index contributed by atoms with van der Waals surface area (Å²) in [7, 11) is 3.20. The van der Waals surface area contributed by atoms with Crippen LogP contribution in [0, 0.1) is 0 Å². The van der Waals surface area contributed by atoms with E-state index in [1.54, 1.807) is 14.2 Å². The van der Waals surface area contributed by atoms with Crippen LogP contribution in [0.2, 0.25) is 0 Å². The minimum atomic E-state index is -0.918. The van der Waals surface area contributed by atoms with E-state index in [0.717, 1.165) is 28.5 Å². The Morgan fingerprint density at radius 2 is 1.79 bits per heavy atom. The van der Waals surface area contributed by atoms with Gasteiger partial charge in [-0.2, -0.15) is 0 Å². The van der Waals surface area contributed by atoms with Crippen LogP contribution in [0.15, 0.2) is 42.5 Å². The Morgan fingerprint density at radius 1 is 1.11 bits per heavy atom. The third kappa shape index (κ3) is 4.25. The number of hydrogen-bond acceptors (Lipinski definition) is 5. The summed E-state index contributed by atoms with van der Waals surface area (Å²) in [4.78, 5) is 25.5. The molecule has 0 bridgehead atoms. The van der Waals surface area contributed by atoms with Crippen molar-refractivity contribution >= 4 is 23.6 Å². The molecule has 0 aromatic heterocycles. The maximum Gasteiger partial charge on any atom is 0.313 e. The number of thioether (sulfide) groups is 1. The number of aliphatic carboxylic acids is 1. The summed E-state index contributed by atoms with van der Waals surface area (Å²) in [5.74, 6) is 0.357. The van der Waals surface area contributed by atoms with Crippen LogP contribution in [0.4, 0.5) is 0 Å². The normalized spacial score (nSPS) is 15.6. The van der Waals surface area contributed by atoms with Gasteiger partial charge in [0.05, 0.1) is 31.8 Å². The lowest BCUT2D eigenvalue weighted by Gasteiger charge is -2.38. The molecule has 148 valence electrons. The van der Waals surface area contributed by atoms with Crippen molar-refractivity contribution in [2.45, 2.75) is 12.5 Å². The lowest BCUT2D eigenvalue weighted by molar-refractivity contribution is -0.133. The number of ether oxygens (including phenoxy) is 2. The largest absolute Gasteiger partial charge is 0.493 e. The Kier molecular flexibility index (Phi) is 6.46. The van der Waals surface area contributed by atoms with E-state index in [1.807, 2.05) is 47.4 Å². The lowest BCUT2D eigenvalue weighted by Crippen LogP contribution is -2.41. The number of carboxylic acid groups (broad SMARTS) is 1. The number of nitrogens with zero attached hydrogens (tertiary/aromatic N) is 1. The zero-order valence-electron chi connectivity index (χ0n) is 15.9. The number of carbonyl (C=O) groups is 2. The summed E-state index contributed by atoms with van der Waals surface area (Å²) in [5, 5.41) is 8.83. The molecule has 0 fully saturated rings. The molecule has 0 aliphatic carbocycles. The van der Waals surface area contributed by atoms with Gasteiger partial charge in [0.25, 0.3) is 0 Å². The highest BCUT2D eigenvalue weighted by molar-refractivity contribution is 8.00. The molecule has 7 heteroatoms. The molecule has 28 heavy (non-hydrogen) atoms. The second-order valence-corrected chi connectivity index (χ2v) is 7.43. The first-order chi connectivity index (χ1) is 13.5. The van der Waals surface area contributed by atoms with Crippen LogP contribution in [0.5, 0.6) is 11.5 Å². The van der Waals surface area contributed by atoms with Crippen LogP contribution >= 0.6 is 11.8 Å². The van der Waals surface area contributed by atoms with Gasteiger partial charge in [0.1, 0.15) is 0 Å². The third-order valence-corrected chi connectivity index (χ3v) is 5.66. The Bertz CT molecular complexity index is 855. The molecular formula is C21H23NO5S. The van der Waals surface area contributed by atoms with Gasteiger partial charge in [-0.3, -0.25) is 9.59 Å². The van der Waals surface area contributed by atoms with E-state index in [1.165, 1.54) is 0 Å². The van der Waals surface area contributed by atoms with E-state index in [0.29, 0.717) is 24.5 Å². The first kappa shape index (κ1) is 20.1. The van der Waals surface area contributed by atoms with E-state index in [4.69, 9.17) is 14.6 Å². The van der Waals surface area contributed by atoms with Gasteiger partial charge in [0.2, 0.25) is 5.91 Å². The summed E-state index contributed by atoms with van der Waals surface area (Å²) in [6.45, 7) is 0.564. The summed E-state index contributed by atoms with van der Waals surface area (Å²) >= 11 is 1.12. The first-order valence-electron chi connectivity index (χ1n) is 8.94. The van der Waals surface area contributed by atoms with Crippen molar-refractivity contribution in [2.24, 2.45) is 0 Å². The number of rotatable bonds is 7. The Hall–Kier alpha value is -2.67. The van der Waals surface area contributed by atoms with Gasteiger partial charge >= 0.3 is 5.97 Å². The van der Waals surface area contributed by atoms with Crippen LogP contribution < -0.4 is 9.47 Å². The number of carboxylic acids is 1. The SMILES string of the molecule is COc1cc2c(cc1OC)[C@@H](c1ccccc1)N(C(=O)CSCC(=O)O)CC2. The van der Waals surface area contributed by atoms with Gasteiger partial charge in [-0.1, -0.05) is 30.3 Å². The van der Waals surface area contributed by atoms with E-state index in [-0.39, 0.29) is 23.5 Å². The minimum Gasteiger partial charge on any atom is -0.493 e. The van der Waals surface area contributed by atoms with Crippen LogP contribution in [0.1, 0.15) is 22.7 Å². The van der Waals surface area contributed by atoms with Crippen molar-refractivity contribution in [1.82, 2.24) is 4.90 Å². The number of amides is 1. The van der Waals surface area contributed by atoms with Crippen molar-refractivity contribution in [3.8, 4) is 11.5 Å². The van der Waals surface area contributed by atoms with E-state index >= 15 is 0 Å². The summed E-state index contributed by atoms with van der Waals surface area (Å²) in [6.07, 6.45) is 0.703. The molecule has 2 aromatic rings. The standard InChI is InChI=1S/C21H23NO5S/c1-26-17-10-15-8-9-22(19(23)12-28-13-20(24)25)21(14-6-4-3-5-7-14)16(15)11-18(17)27-2/h3-7,10-11,21H,8-9,12-13H2,1-2H3,(H,24,25)/t21-/m1/s1. The van der Waals surface area contributed by atoms with Crippen LogP contribution in [-0.4, -0.2) is 54.2 Å². The molecule has 1 atom stereocenters. The number of hydrogen-bond donors (Lipinski definition) is 1. The van der Waals surface area contributed by atoms with Gasteiger partial charge in [-0.15, -0.1) is 11.8 Å². The number of carbonyl (C=O) groups excluding carboxylic acids is 1. The van der Waals surface area contributed by atoms with Crippen molar-refractivity contribution in [2.75, 3.05) is 32.3 Å². The zero-order valence-corrected chi connectivity index (χ0v) is 16.7. The zero-order chi connectivity index (χ0) is 20.1. The fourth-order valence-electron chi connectivity index (χ4n) is 3.52. The molecule has 6 nitrogen and oxygen atoms in total. The van der Waals surface area contributed by atoms with E-state index in [2.05, 4.69) is 0 Å². The van der Waals surface area contributed by atoms with Gasteiger partial charge < -0.3 is 19.5 Å². The molecule has 0 saturated heterocycles. The fourth-order valence-corrected chi connectivity index (χ4v) is 4.13. The van der Waals surface area contributed by atoms with E-state index in [9.17, 15) is 9.59 Å². The summed E-state index contributed by atoms with van der Waals surface area (Å²) < 4.78 is 10.9. The van der Waals surface area contributed by atoms with Crippen molar-refractivity contribution in [3.63, 3.8) is 0 Å². The predicted molar refractivity (Wildman–Crippen MR) is 108 cm³/mol. The van der Waals surface area contributed by atoms with Gasteiger partial charge in [-0.05, 0) is 35.2 Å². The Morgan fingerprint density at radius 3 is 2.43 bits per heavy atom. The van der Waals surface area contributed by atoms with Gasteiger partial charge in [-0.25, -0.2) is 0 Å². The van der Waals surface area contributed by atoms with Crippen molar-refractivity contribution in [3.05, 3.63) is 59.2 Å². The maximum absolute atomic E-state index is 12.9. The lowest BCUT2D eigenvalue weighted by atomic mass is 9.87. The highest BCUT2D eigenvalue weighted by Crippen LogP contribution is 2.41. The quantitative estimate of drug-likeness (QED) is 0.769. The van der Waals surface area contributed by atoms with E-state index < -0.39 is 5.97 Å².